The molecule has 4 rings (SSSR count). The SMILES string of the molecule is Cc1nccn1-c1ccc(C(C)NCc2noc(C3CC3)n2)cc1. The van der Waals surface area contributed by atoms with Gasteiger partial charge in [-0.15, -0.1) is 0 Å². The predicted molar refractivity (Wildman–Crippen MR) is 89.8 cm³/mol. The van der Waals surface area contributed by atoms with Gasteiger partial charge in [-0.25, -0.2) is 4.98 Å². The molecule has 2 heterocycles. The van der Waals surface area contributed by atoms with Crippen molar-refractivity contribution in [2.24, 2.45) is 0 Å². The van der Waals surface area contributed by atoms with E-state index in [1.165, 1.54) is 18.4 Å². The van der Waals surface area contributed by atoms with Crippen LogP contribution in [0.4, 0.5) is 0 Å². The Hall–Kier alpha value is -2.47. The fourth-order valence-corrected chi connectivity index (χ4v) is 2.77. The van der Waals surface area contributed by atoms with Crippen LogP contribution < -0.4 is 5.32 Å². The highest BCUT2D eigenvalue weighted by Crippen LogP contribution is 2.38. The Morgan fingerprint density at radius 3 is 2.75 bits per heavy atom. The lowest BCUT2D eigenvalue weighted by molar-refractivity contribution is 0.371. The van der Waals surface area contributed by atoms with Crippen LogP contribution in [0.5, 0.6) is 0 Å². The van der Waals surface area contributed by atoms with Gasteiger partial charge in [0, 0.05) is 30.0 Å². The van der Waals surface area contributed by atoms with Crippen LogP contribution in [0.2, 0.25) is 0 Å². The zero-order valence-electron chi connectivity index (χ0n) is 13.9. The largest absolute Gasteiger partial charge is 0.339 e. The van der Waals surface area contributed by atoms with E-state index < -0.39 is 0 Å². The Labute approximate surface area is 140 Å². The molecule has 6 nitrogen and oxygen atoms in total. The fourth-order valence-electron chi connectivity index (χ4n) is 2.77. The van der Waals surface area contributed by atoms with Crippen molar-refractivity contribution >= 4 is 0 Å². The van der Waals surface area contributed by atoms with Gasteiger partial charge >= 0.3 is 0 Å². The molecule has 0 spiro atoms. The van der Waals surface area contributed by atoms with Gasteiger partial charge in [0.2, 0.25) is 5.89 Å². The third kappa shape index (κ3) is 3.10. The molecule has 1 aromatic carbocycles. The van der Waals surface area contributed by atoms with E-state index in [1.54, 1.807) is 0 Å². The van der Waals surface area contributed by atoms with Gasteiger partial charge in [-0.1, -0.05) is 17.3 Å². The van der Waals surface area contributed by atoms with E-state index in [0.717, 1.165) is 23.2 Å². The van der Waals surface area contributed by atoms with Crippen LogP contribution in [-0.4, -0.2) is 19.7 Å². The summed E-state index contributed by atoms with van der Waals surface area (Å²) in [6.45, 7) is 4.75. The van der Waals surface area contributed by atoms with E-state index in [0.29, 0.717) is 12.5 Å². The van der Waals surface area contributed by atoms with Gasteiger partial charge in [0.1, 0.15) is 5.82 Å². The molecular formula is C18H21N5O. The average molecular weight is 323 g/mol. The van der Waals surface area contributed by atoms with Crippen LogP contribution in [-0.2, 0) is 6.54 Å². The van der Waals surface area contributed by atoms with Crippen LogP contribution >= 0.6 is 0 Å². The minimum absolute atomic E-state index is 0.214. The number of nitrogens with one attached hydrogen (secondary N) is 1. The van der Waals surface area contributed by atoms with Crippen molar-refractivity contribution in [3.63, 3.8) is 0 Å². The monoisotopic (exact) mass is 323 g/mol. The van der Waals surface area contributed by atoms with E-state index in [1.807, 2.05) is 19.3 Å². The van der Waals surface area contributed by atoms with Crippen LogP contribution in [0, 0.1) is 6.92 Å². The van der Waals surface area contributed by atoms with Gasteiger partial charge in [-0.3, -0.25) is 0 Å². The molecule has 0 aliphatic heterocycles. The molecule has 1 fully saturated rings. The molecule has 0 bridgehead atoms. The number of aromatic nitrogens is 4. The molecule has 1 aliphatic carbocycles. The second kappa shape index (κ2) is 6.20. The topological polar surface area (TPSA) is 68.8 Å². The molecule has 1 saturated carbocycles. The van der Waals surface area contributed by atoms with Crippen molar-refractivity contribution in [1.29, 1.82) is 0 Å². The first kappa shape index (κ1) is 15.1. The summed E-state index contributed by atoms with van der Waals surface area (Å²) in [5.41, 5.74) is 2.34. The number of nitrogens with zero attached hydrogens (tertiary/aromatic N) is 4. The van der Waals surface area contributed by atoms with E-state index >= 15 is 0 Å². The summed E-state index contributed by atoms with van der Waals surface area (Å²) in [6.07, 6.45) is 6.14. The van der Waals surface area contributed by atoms with Gasteiger partial charge in [-0.05, 0) is 44.4 Å². The molecule has 1 N–H and O–H groups in total. The molecule has 3 aromatic rings. The van der Waals surface area contributed by atoms with E-state index in [9.17, 15) is 0 Å². The quantitative estimate of drug-likeness (QED) is 0.754. The number of benzene rings is 1. The van der Waals surface area contributed by atoms with Crippen molar-refractivity contribution in [2.45, 2.75) is 45.2 Å². The number of imidazole rings is 1. The molecule has 1 unspecified atom stereocenters. The van der Waals surface area contributed by atoms with Gasteiger partial charge < -0.3 is 14.4 Å². The van der Waals surface area contributed by atoms with E-state index in [-0.39, 0.29) is 6.04 Å². The smallest absolute Gasteiger partial charge is 0.229 e. The Kier molecular flexibility index (Phi) is 3.90. The zero-order chi connectivity index (χ0) is 16.5. The minimum atomic E-state index is 0.214. The summed E-state index contributed by atoms with van der Waals surface area (Å²) in [4.78, 5) is 8.71. The average Bonchev–Trinajstić information content (AvgIpc) is 3.19. The highest BCUT2D eigenvalue weighted by Gasteiger charge is 2.29. The molecule has 6 heteroatoms. The third-order valence-corrected chi connectivity index (χ3v) is 4.47. The van der Waals surface area contributed by atoms with Gasteiger partial charge in [-0.2, -0.15) is 4.98 Å². The summed E-state index contributed by atoms with van der Waals surface area (Å²) in [5, 5.41) is 7.49. The normalized spacial score (nSPS) is 15.6. The lowest BCUT2D eigenvalue weighted by Gasteiger charge is -2.14. The Morgan fingerprint density at radius 2 is 2.08 bits per heavy atom. The maximum absolute atomic E-state index is 5.29. The Morgan fingerprint density at radius 1 is 1.29 bits per heavy atom. The highest BCUT2D eigenvalue weighted by atomic mass is 16.5. The second-order valence-electron chi connectivity index (χ2n) is 6.36. The van der Waals surface area contributed by atoms with Crippen molar-refractivity contribution < 1.29 is 4.52 Å². The maximum atomic E-state index is 5.29. The third-order valence-electron chi connectivity index (χ3n) is 4.47. The molecule has 0 amide bonds. The molecule has 0 radical (unpaired) electrons. The zero-order valence-corrected chi connectivity index (χ0v) is 13.9. The number of aryl methyl sites for hydroxylation is 1. The summed E-state index contributed by atoms with van der Waals surface area (Å²) in [6, 6.07) is 8.71. The fraction of sp³-hybridized carbons (Fsp3) is 0.389. The number of rotatable bonds is 6. The summed E-state index contributed by atoms with van der Waals surface area (Å²) < 4.78 is 7.36. The number of hydrogen-bond donors (Lipinski definition) is 1. The van der Waals surface area contributed by atoms with Crippen LogP contribution in [0.15, 0.2) is 41.2 Å². The highest BCUT2D eigenvalue weighted by molar-refractivity contribution is 5.36. The first-order chi connectivity index (χ1) is 11.7. The van der Waals surface area contributed by atoms with Gasteiger partial charge in [0.25, 0.3) is 0 Å². The van der Waals surface area contributed by atoms with Crippen molar-refractivity contribution in [1.82, 2.24) is 25.0 Å². The van der Waals surface area contributed by atoms with Crippen molar-refractivity contribution in [3.8, 4) is 5.69 Å². The van der Waals surface area contributed by atoms with Crippen molar-refractivity contribution in [3.05, 3.63) is 59.8 Å². The Balaban J connectivity index is 1.38. The summed E-state index contributed by atoms with van der Waals surface area (Å²) in [5.74, 6) is 3.01. The molecular weight excluding hydrogens is 302 g/mol. The molecule has 24 heavy (non-hydrogen) atoms. The standard InChI is InChI=1S/C18H21N5O/c1-12(20-11-17-21-18(24-22-17)15-3-4-15)14-5-7-16(8-6-14)23-10-9-19-13(23)2/h5-10,12,15,20H,3-4,11H2,1-2H3. The minimum Gasteiger partial charge on any atom is -0.339 e. The predicted octanol–water partition coefficient (Wildman–Crippen LogP) is 3.29. The maximum Gasteiger partial charge on any atom is 0.229 e. The molecule has 1 atom stereocenters. The Bertz CT molecular complexity index is 816. The van der Waals surface area contributed by atoms with Crippen LogP contribution in [0.1, 0.15) is 54.8 Å². The van der Waals surface area contributed by atoms with E-state index in [4.69, 9.17) is 4.52 Å². The van der Waals surface area contributed by atoms with E-state index in [2.05, 4.69) is 56.2 Å². The van der Waals surface area contributed by atoms with Crippen LogP contribution in [0.3, 0.4) is 0 Å². The second-order valence-corrected chi connectivity index (χ2v) is 6.36. The summed E-state index contributed by atoms with van der Waals surface area (Å²) in [7, 11) is 0. The first-order valence-electron chi connectivity index (χ1n) is 8.37. The lowest BCUT2D eigenvalue weighted by Crippen LogP contribution is -2.18. The van der Waals surface area contributed by atoms with Crippen molar-refractivity contribution in [2.75, 3.05) is 0 Å². The van der Waals surface area contributed by atoms with Crippen LogP contribution in [0.25, 0.3) is 5.69 Å². The number of hydrogen-bond acceptors (Lipinski definition) is 5. The molecule has 124 valence electrons. The molecule has 2 aromatic heterocycles. The van der Waals surface area contributed by atoms with Gasteiger partial charge in [0.05, 0.1) is 6.54 Å². The molecule has 1 aliphatic rings. The molecule has 0 saturated heterocycles. The summed E-state index contributed by atoms with van der Waals surface area (Å²) >= 11 is 0. The lowest BCUT2D eigenvalue weighted by atomic mass is 10.1. The van der Waals surface area contributed by atoms with Gasteiger partial charge in [0.15, 0.2) is 5.82 Å². The first-order valence-corrected chi connectivity index (χ1v) is 8.37.